The van der Waals surface area contributed by atoms with E-state index in [1.165, 1.54) is 32.9 Å². The lowest BCUT2D eigenvalue weighted by Gasteiger charge is -2.46. The zero-order valence-corrected chi connectivity index (χ0v) is 20.5. The number of ether oxygens (including phenoxy) is 7. The first-order valence-electron chi connectivity index (χ1n) is 11.1. The molecule has 0 bridgehead atoms. The fraction of sp³-hybridized carbons (Fsp3) is 0.652. The summed E-state index contributed by atoms with van der Waals surface area (Å²) in [4.78, 5) is 58.1. The first kappa shape index (κ1) is 28.7. The van der Waals surface area contributed by atoms with Crippen LogP contribution >= 0.6 is 0 Å². The fourth-order valence-electron chi connectivity index (χ4n) is 3.97. The maximum absolute atomic E-state index is 12.0. The lowest BCUT2D eigenvalue weighted by Crippen LogP contribution is -2.62. The topological polar surface area (TPSA) is 174 Å². The third-order valence-electron chi connectivity index (χ3n) is 5.24. The molecule has 13 nitrogen and oxygen atoms in total. The largest absolute Gasteiger partial charge is 0.463 e. The highest BCUT2D eigenvalue weighted by molar-refractivity contribution is 5.68. The average molecular weight is 511 g/mol. The smallest absolute Gasteiger partial charge is 0.303 e. The summed E-state index contributed by atoms with van der Waals surface area (Å²) in [6.07, 6.45) is -4.77. The lowest BCUT2D eigenvalue weighted by molar-refractivity contribution is -0.242. The van der Waals surface area contributed by atoms with E-state index >= 15 is 0 Å². The molecule has 0 aliphatic carbocycles. The maximum Gasteiger partial charge on any atom is 0.303 e. The second-order valence-corrected chi connectivity index (χ2v) is 8.15. The number of carbonyl (C=O) groups excluding carboxylic acids is 5. The maximum atomic E-state index is 12.0. The molecule has 1 fully saturated rings. The molecule has 0 N–H and O–H groups in total. The van der Waals surface area contributed by atoms with Crippen LogP contribution in [0.1, 0.15) is 34.6 Å². The Morgan fingerprint density at radius 1 is 0.722 bits per heavy atom. The van der Waals surface area contributed by atoms with Crippen molar-refractivity contribution in [3.63, 3.8) is 0 Å². The molecule has 8 atom stereocenters. The Morgan fingerprint density at radius 3 is 1.75 bits per heavy atom. The molecule has 0 unspecified atom stereocenters. The highest BCUT2D eigenvalue weighted by atomic mass is 16.6. The van der Waals surface area contributed by atoms with Crippen LogP contribution in [0.2, 0.25) is 0 Å². The van der Waals surface area contributed by atoms with Gasteiger partial charge in [-0.3, -0.25) is 24.0 Å². The van der Waals surface area contributed by atoms with E-state index in [1.807, 2.05) is 6.07 Å². The van der Waals surface area contributed by atoms with Crippen LogP contribution in [0.15, 0.2) is 12.2 Å². The summed E-state index contributed by atoms with van der Waals surface area (Å²) in [7, 11) is 0. The van der Waals surface area contributed by atoms with Crippen molar-refractivity contribution in [2.75, 3.05) is 13.2 Å². The predicted molar refractivity (Wildman–Crippen MR) is 115 cm³/mol. The molecule has 2 aliphatic rings. The Bertz CT molecular complexity index is 925. The molecule has 1 saturated heterocycles. The molecule has 13 heteroatoms. The van der Waals surface area contributed by atoms with Gasteiger partial charge in [-0.25, -0.2) is 0 Å². The Morgan fingerprint density at radius 2 is 1.25 bits per heavy atom. The summed E-state index contributed by atoms with van der Waals surface area (Å²) in [5.41, 5.74) is 0. The average Bonchev–Trinajstić information content (AvgIpc) is 2.77. The van der Waals surface area contributed by atoms with Crippen LogP contribution in [0.5, 0.6) is 0 Å². The van der Waals surface area contributed by atoms with Gasteiger partial charge in [-0.05, 0) is 6.08 Å². The molecule has 0 aromatic rings. The molecule has 0 spiro atoms. The van der Waals surface area contributed by atoms with E-state index < -0.39 is 78.5 Å². The molecule has 0 aromatic heterocycles. The van der Waals surface area contributed by atoms with Gasteiger partial charge in [0.1, 0.15) is 31.5 Å². The normalized spacial score (nSPS) is 31.3. The molecule has 36 heavy (non-hydrogen) atoms. The molecule has 0 aromatic carbocycles. The second-order valence-electron chi connectivity index (χ2n) is 8.15. The second kappa shape index (κ2) is 13.0. The quantitative estimate of drug-likeness (QED) is 0.245. The number of nitriles is 1. The summed E-state index contributed by atoms with van der Waals surface area (Å²) in [5, 5.41) is 9.87. The zero-order chi connectivity index (χ0) is 27.0. The van der Waals surface area contributed by atoms with Gasteiger partial charge in [0, 0.05) is 34.6 Å². The van der Waals surface area contributed by atoms with Crippen LogP contribution in [0.4, 0.5) is 0 Å². The van der Waals surface area contributed by atoms with Crippen molar-refractivity contribution in [1.29, 1.82) is 5.26 Å². The fourth-order valence-corrected chi connectivity index (χ4v) is 3.97. The number of hydrogen-bond donors (Lipinski definition) is 0. The summed E-state index contributed by atoms with van der Waals surface area (Å²) in [6.45, 7) is 5.18. The monoisotopic (exact) mass is 511 g/mol. The van der Waals surface area contributed by atoms with E-state index in [9.17, 15) is 29.2 Å². The summed E-state index contributed by atoms with van der Waals surface area (Å²) in [5.74, 6) is -4.33. The zero-order valence-electron chi connectivity index (χ0n) is 20.5. The Balaban J connectivity index is 2.46. The molecule has 2 heterocycles. The van der Waals surface area contributed by atoms with Crippen molar-refractivity contribution in [3.8, 4) is 6.07 Å². The van der Waals surface area contributed by atoms with Gasteiger partial charge in [-0.1, -0.05) is 6.08 Å². The van der Waals surface area contributed by atoms with E-state index in [0.717, 1.165) is 13.8 Å². The summed E-state index contributed by atoms with van der Waals surface area (Å²) in [6, 6.07) is 1.98. The van der Waals surface area contributed by atoms with E-state index in [1.54, 1.807) is 0 Å². The Kier molecular flexibility index (Phi) is 10.4. The lowest BCUT2D eigenvalue weighted by atomic mass is 9.81. The van der Waals surface area contributed by atoms with Gasteiger partial charge in [0.05, 0.1) is 18.1 Å². The molecule has 198 valence electrons. The number of hydrogen-bond acceptors (Lipinski definition) is 13. The molecular formula is C23H29NO12. The molecule has 2 aliphatic heterocycles. The SMILES string of the molecule is CC(=O)OC[C@H]1O[C@@H](C#N)[C@H]([C@@H]2C=C[C@H](OC(C)=O)[C@@H](COC(C)=O)O2)[C@@H](OC(C)=O)[C@@H]1OC(C)=O. The summed E-state index contributed by atoms with van der Waals surface area (Å²) >= 11 is 0. The van der Waals surface area contributed by atoms with E-state index in [2.05, 4.69) is 0 Å². The van der Waals surface area contributed by atoms with Crippen molar-refractivity contribution in [2.45, 2.75) is 77.3 Å². The van der Waals surface area contributed by atoms with Crippen molar-refractivity contribution in [1.82, 2.24) is 0 Å². The number of rotatable bonds is 8. The van der Waals surface area contributed by atoms with Crippen LogP contribution < -0.4 is 0 Å². The molecule has 0 radical (unpaired) electrons. The minimum atomic E-state index is -1.27. The van der Waals surface area contributed by atoms with Crippen LogP contribution in [0.3, 0.4) is 0 Å². The van der Waals surface area contributed by atoms with Gasteiger partial charge in [-0.15, -0.1) is 0 Å². The van der Waals surface area contributed by atoms with Crippen LogP contribution in [-0.4, -0.2) is 85.8 Å². The van der Waals surface area contributed by atoms with Gasteiger partial charge in [0.2, 0.25) is 0 Å². The number of carbonyl (C=O) groups is 5. The molecule has 0 amide bonds. The van der Waals surface area contributed by atoms with Crippen LogP contribution in [-0.2, 0) is 57.1 Å². The minimum Gasteiger partial charge on any atom is -0.463 e. The number of nitrogens with zero attached hydrogens (tertiary/aromatic N) is 1. The molecule has 0 saturated carbocycles. The van der Waals surface area contributed by atoms with Gasteiger partial charge in [0.25, 0.3) is 0 Å². The first-order valence-corrected chi connectivity index (χ1v) is 11.1. The highest BCUT2D eigenvalue weighted by Gasteiger charge is 2.54. The highest BCUT2D eigenvalue weighted by Crippen LogP contribution is 2.36. The third kappa shape index (κ3) is 8.03. The predicted octanol–water partition coefficient (Wildman–Crippen LogP) is 0.138. The van der Waals surface area contributed by atoms with Crippen molar-refractivity contribution < 1.29 is 57.1 Å². The van der Waals surface area contributed by atoms with Gasteiger partial charge in [0.15, 0.2) is 18.3 Å². The van der Waals surface area contributed by atoms with Crippen molar-refractivity contribution >= 4 is 29.8 Å². The number of esters is 5. The van der Waals surface area contributed by atoms with Crippen molar-refractivity contribution in [2.24, 2.45) is 5.92 Å². The Hall–Kier alpha value is -3.50. The standard InChI is InChI=1S/C23H29NO12/c1-11(25)30-9-19-16(32-13(3)27)6-7-17(35-19)21-18(8-24)36-20(10-31-12(2)26)22(33-14(4)28)23(21)34-15(5)29/h6-7,16-23H,9-10H2,1-5H3/t16-,17-,18-,19+,20+,21-,22+,23+/m0/s1. The molecule has 2 rings (SSSR count). The van der Waals surface area contributed by atoms with E-state index in [0.29, 0.717) is 0 Å². The summed E-state index contributed by atoms with van der Waals surface area (Å²) < 4.78 is 38.0. The van der Waals surface area contributed by atoms with E-state index in [4.69, 9.17) is 33.2 Å². The minimum absolute atomic E-state index is 0.278. The van der Waals surface area contributed by atoms with Crippen LogP contribution in [0, 0.1) is 17.2 Å². The third-order valence-corrected chi connectivity index (χ3v) is 5.24. The van der Waals surface area contributed by atoms with Gasteiger partial charge in [-0.2, -0.15) is 5.26 Å². The Labute approximate surface area is 207 Å². The van der Waals surface area contributed by atoms with Gasteiger partial charge < -0.3 is 33.2 Å². The van der Waals surface area contributed by atoms with Crippen LogP contribution in [0.25, 0.3) is 0 Å². The molecular weight excluding hydrogens is 482 g/mol. The van der Waals surface area contributed by atoms with Crippen molar-refractivity contribution in [3.05, 3.63) is 12.2 Å². The first-order chi connectivity index (χ1) is 16.9. The van der Waals surface area contributed by atoms with E-state index in [-0.39, 0.29) is 13.2 Å². The van der Waals surface area contributed by atoms with Gasteiger partial charge >= 0.3 is 29.8 Å².